The van der Waals surface area contributed by atoms with Crippen molar-refractivity contribution in [2.24, 2.45) is 0 Å². The molecule has 0 radical (unpaired) electrons. The zero-order valence-electron chi connectivity index (χ0n) is 15.5. The Morgan fingerprint density at radius 3 is 1.72 bits per heavy atom. The van der Waals surface area contributed by atoms with E-state index in [2.05, 4.69) is 72.7 Å². The van der Waals surface area contributed by atoms with Crippen LogP contribution in [0.15, 0.2) is 48.5 Å². The van der Waals surface area contributed by atoms with Gasteiger partial charge in [-0.2, -0.15) is 0 Å². The first-order valence-electron chi connectivity index (χ1n) is 8.98. The predicted molar refractivity (Wildman–Crippen MR) is 103 cm³/mol. The molecule has 0 fully saturated rings. The third kappa shape index (κ3) is 6.59. The molecular formula is C21H29N3O. The second-order valence-electron chi connectivity index (χ2n) is 6.30. The fourth-order valence-corrected chi connectivity index (χ4v) is 2.60. The molecule has 0 aliphatic rings. The van der Waals surface area contributed by atoms with E-state index in [0.29, 0.717) is 13.1 Å². The topological polar surface area (TPSA) is 44.4 Å². The van der Waals surface area contributed by atoms with Gasteiger partial charge in [0.2, 0.25) is 0 Å². The average Bonchev–Trinajstić information content (AvgIpc) is 2.65. The minimum atomic E-state index is -0.146. The van der Waals surface area contributed by atoms with E-state index in [9.17, 15) is 4.79 Å². The summed E-state index contributed by atoms with van der Waals surface area (Å²) in [6, 6.07) is 16.5. The zero-order valence-corrected chi connectivity index (χ0v) is 15.5. The van der Waals surface area contributed by atoms with Crippen LogP contribution in [0.1, 0.15) is 36.1 Å². The number of urea groups is 1. The van der Waals surface area contributed by atoms with Crippen molar-refractivity contribution in [2.45, 2.75) is 40.4 Å². The molecule has 2 aromatic carbocycles. The molecule has 0 aromatic heterocycles. The van der Waals surface area contributed by atoms with Crippen molar-refractivity contribution in [1.29, 1.82) is 0 Å². The van der Waals surface area contributed by atoms with Gasteiger partial charge in [-0.05, 0) is 36.7 Å². The average molecular weight is 339 g/mol. The summed E-state index contributed by atoms with van der Waals surface area (Å²) < 4.78 is 0. The molecule has 0 aliphatic carbocycles. The Labute approximate surface area is 151 Å². The van der Waals surface area contributed by atoms with Gasteiger partial charge < -0.3 is 10.6 Å². The molecule has 0 aliphatic heterocycles. The molecule has 25 heavy (non-hydrogen) atoms. The molecule has 2 amide bonds. The molecule has 4 nitrogen and oxygen atoms in total. The number of rotatable bonds is 8. The summed E-state index contributed by atoms with van der Waals surface area (Å²) in [6.45, 7) is 10.6. The van der Waals surface area contributed by atoms with Gasteiger partial charge in [-0.25, -0.2) is 4.79 Å². The van der Waals surface area contributed by atoms with E-state index in [0.717, 1.165) is 30.8 Å². The summed E-state index contributed by atoms with van der Waals surface area (Å²) in [5.74, 6) is 0. The molecule has 0 atom stereocenters. The Morgan fingerprint density at radius 1 is 0.800 bits per heavy atom. The SMILES string of the molecule is CCN(CC)Cc1ccc(CNC(=O)NCc2ccc(C)cc2)cc1. The third-order valence-corrected chi connectivity index (χ3v) is 4.35. The Morgan fingerprint density at radius 2 is 1.24 bits per heavy atom. The highest BCUT2D eigenvalue weighted by atomic mass is 16.2. The molecule has 0 bridgehead atoms. The van der Waals surface area contributed by atoms with Crippen molar-refractivity contribution in [3.63, 3.8) is 0 Å². The van der Waals surface area contributed by atoms with Crippen LogP contribution in [-0.2, 0) is 19.6 Å². The van der Waals surface area contributed by atoms with Gasteiger partial charge in [-0.3, -0.25) is 4.90 Å². The maximum absolute atomic E-state index is 11.9. The van der Waals surface area contributed by atoms with Crippen LogP contribution >= 0.6 is 0 Å². The van der Waals surface area contributed by atoms with Crippen LogP contribution in [0.3, 0.4) is 0 Å². The second-order valence-corrected chi connectivity index (χ2v) is 6.30. The van der Waals surface area contributed by atoms with Crippen molar-refractivity contribution >= 4 is 6.03 Å². The van der Waals surface area contributed by atoms with Crippen molar-refractivity contribution in [2.75, 3.05) is 13.1 Å². The number of nitrogens with zero attached hydrogens (tertiary/aromatic N) is 1. The monoisotopic (exact) mass is 339 g/mol. The molecule has 4 heteroatoms. The Bertz CT molecular complexity index is 646. The van der Waals surface area contributed by atoms with Gasteiger partial charge in [0.25, 0.3) is 0 Å². The summed E-state index contributed by atoms with van der Waals surface area (Å²) >= 11 is 0. The Hall–Kier alpha value is -2.33. The lowest BCUT2D eigenvalue weighted by molar-refractivity contribution is 0.240. The van der Waals surface area contributed by atoms with Gasteiger partial charge in [0.05, 0.1) is 0 Å². The lowest BCUT2D eigenvalue weighted by Gasteiger charge is -2.18. The van der Waals surface area contributed by atoms with E-state index < -0.39 is 0 Å². The van der Waals surface area contributed by atoms with Crippen molar-refractivity contribution < 1.29 is 4.79 Å². The maximum atomic E-state index is 11.9. The molecule has 0 heterocycles. The van der Waals surface area contributed by atoms with Gasteiger partial charge in [0.15, 0.2) is 0 Å². The molecule has 134 valence electrons. The maximum Gasteiger partial charge on any atom is 0.315 e. The quantitative estimate of drug-likeness (QED) is 0.767. The molecule has 2 N–H and O–H groups in total. The second kappa shape index (κ2) is 9.84. The Balaban J connectivity index is 1.74. The summed E-state index contributed by atoms with van der Waals surface area (Å²) in [5, 5.41) is 5.79. The molecule has 0 saturated carbocycles. The van der Waals surface area contributed by atoms with Crippen LogP contribution in [0.5, 0.6) is 0 Å². The van der Waals surface area contributed by atoms with E-state index in [4.69, 9.17) is 0 Å². The van der Waals surface area contributed by atoms with Crippen LogP contribution in [-0.4, -0.2) is 24.0 Å². The Kier molecular flexibility index (Phi) is 7.48. The zero-order chi connectivity index (χ0) is 18.1. The van der Waals surface area contributed by atoms with Gasteiger partial charge in [-0.15, -0.1) is 0 Å². The molecule has 2 rings (SSSR count). The largest absolute Gasteiger partial charge is 0.334 e. The van der Waals surface area contributed by atoms with Gasteiger partial charge in [0.1, 0.15) is 0 Å². The summed E-state index contributed by atoms with van der Waals surface area (Å²) in [5.41, 5.74) is 4.73. The lowest BCUT2D eigenvalue weighted by Crippen LogP contribution is -2.34. The molecule has 0 saturated heterocycles. The van der Waals surface area contributed by atoms with Crippen LogP contribution in [0.4, 0.5) is 4.79 Å². The van der Waals surface area contributed by atoms with Gasteiger partial charge in [0, 0.05) is 19.6 Å². The highest BCUT2D eigenvalue weighted by Crippen LogP contribution is 2.07. The van der Waals surface area contributed by atoms with Crippen molar-refractivity contribution in [1.82, 2.24) is 15.5 Å². The normalized spacial score (nSPS) is 10.7. The van der Waals surface area contributed by atoms with E-state index in [-0.39, 0.29) is 6.03 Å². The van der Waals surface area contributed by atoms with E-state index in [1.165, 1.54) is 11.1 Å². The summed E-state index contributed by atoms with van der Waals surface area (Å²) in [7, 11) is 0. The van der Waals surface area contributed by atoms with E-state index in [1.807, 2.05) is 12.1 Å². The first-order chi connectivity index (χ1) is 12.1. The fraction of sp³-hybridized carbons (Fsp3) is 0.381. The highest BCUT2D eigenvalue weighted by Gasteiger charge is 2.03. The molecule has 2 aromatic rings. The standard InChI is InChI=1S/C21H29N3O/c1-4-24(5-2)16-20-12-10-19(11-13-20)15-23-21(25)22-14-18-8-6-17(3)7-9-18/h6-13H,4-5,14-16H2,1-3H3,(H2,22,23,25). The predicted octanol–water partition coefficient (Wildman–Crippen LogP) is 3.84. The number of amides is 2. The summed E-state index contributed by atoms with van der Waals surface area (Å²) in [4.78, 5) is 14.3. The van der Waals surface area contributed by atoms with E-state index in [1.54, 1.807) is 0 Å². The van der Waals surface area contributed by atoms with Gasteiger partial charge in [-0.1, -0.05) is 67.9 Å². The minimum absolute atomic E-state index is 0.146. The third-order valence-electron chi connectivity index (χ3n) is 4.35. The number of hydrogen-bond acceptors (Lipinski definition) is 2. The summed E-state index contributed by atoms with van der Waals surface area (Å²) in [6.07, 6.45) is 0. The van der Waals surface area contributed by atoms with Gasteiger partial charge >= 0.3 is 6.03 Å². The number of carbonyl (C=O) groups is 1. The molecule has 0 unspecified atom stereocenters. The lowest BCUT2D eigenvalue weighted by atomic mass is 10.1. The number of hydrogen-bond donors (Lipinski definition) is 2. The number of carbonyl (C=O) groups excluding carboxylic acids is 1. The van der Waals surface area contributed by atoms with Crippen LogP contribution in [0.2, 0.25) is 0 Å². The van der Waals surface area contributed by atoms with Crippen molar-refractivity contribution in [3.05, 3.63) is 70.8 Å². The molecular weight excluding hydrogens is 310 g/mol. The smallest absolute Gasteiger partial charge is 0.315 e. The minimum Gasteiger partial charge on any atom is -0.334 e. The number of nitrogens with one attached hydrogen (secondary N) is 2. The first-order valence-corrected chi connectivity index (χ1v) is 8.98. The van der Waals surface area contributed by atoms with E-state index >= 15 is 0 Å². The highest BCUT2D eigenvalue weighted by molar-refractivity contribution is 5.73. The van der Waals surface area contributed by atoms with Crippen molar-refractivity contribution in [3.8, 4) is 0 Å². The number of benzene rings is 2. The van der Waals surface area contributed by atoms with Crippen LogP contribution in [0, 0.1) is 6.92 Å². The van der Waals surface area contributed by atoms with Crippen LogP contribution in [0.25, 0.3) is 0 Å². The molecule has 0 spiro atoms. The first kappa shape index (κ1) is 19.0. The fourth-order valence-electron chi connectivity index (χ4n) is 2.60. The van der Waals surface area contributed by atoms with Crippen LogP contribution < -0.4 is 10.6 Å². The number of aryl methyl sites for hydroxylation is 1.